The Bertz CT molecular complexity index is 1090. The van der Waals surface area contributed by atoms with Crippen molar-refractivity contribution in [3.05, 3.63) is 63.7 Å². The lowest BCUT2D eigenvalue weighted by Gasteiger charge is -2.24. The Morgan fingerprint density at radius 3 is 2.38 bits per heavy atom. The number of non-ortho nitro benzene ring substituents is 1. The molecule has 7 nitrogen and oxygen atoms in total. The maximum atomic E-state index is 14.1. The summed E-state index contributed by atoms with van der Waals surface area (Å²) in [6.07, 6.45) is 0.00299. The van der Waals surface area contributed by atoms with Gasteiger partial charge in [-0.3, -0.25) is 19.8 Å². The maximum absolute atomic E-state index is 14.1. The van der Waals surface area contributed by atoms with E-state index in [4.69, 9.17) is 0 Å². The van der Waals surface area contributed by atoms with Crippen molar-refractivity contribution in [2.45, 2.75) is 20.3 Å². The second-order valence-corrected chi connectivity index (χ2v) is 7.91. The summed E-state index contributed by atoms with van der Waals surface area (Å²) in [5.74, 6) is -1.75. The zero-order valence-electron chi connectivity index (χ0n) is 17.6. The number of rotatable bonds is 9. The number of amides is 1. The van der Waals surface area contributed by atoms with Gasteiger partial charge in [0.1, 0.15) is 11.3 Å². The zero-order valence-corrected chi connectivity index (χ0v) is 19.2. The lowest BCUT2D eigenvalue weighted by atomic mass is 10.1. The van der Waals surface area contributed by atoms with Gasteiger partial charge in [0.15, 0.2) is 10.9 Å². The van der Waals surface area contributed by atoms with Crippen LogP contribution in [0.15, 0.2) is 36.4 Å². The van der Waals surface area contributed by atoms with Gasteiger partial charge in [0.05, 0.1) is 16.0 Å². The Kier molecular flexibility index (Phi) is 8.99. The van der Waals surface area contributed by atoms with Crippen LogP contribution in [0, 0.1) is 21.7 Å². The molecule has 1 amide bonds. The molecular weight excluding hydrogens is 462 g/mol. The van der Waals surface area contributed by atoms with Gasteiger partial charge in [0.2, 0.25) is 5.91 Å². The van der Waals surface area contributed by atoms with E-state index >= 15 is 0 Å². The molecule has 0 saturated carbocycles. The summed E-state index contributed by atoms with van der Waals surface area (Å²) in [4.78, 5) is 31.3. The predicted molar refractivity (Wildman–Crippen MR) is 124 cm³/mol. The summed E-state index contributed by atoms with van der Waals surface area (Å²) in [5.41, 5.74) is 0.581. The molecule has 0 aliphatic rings. The second-order valence-electron chi connectivity index (χ2n) is 6.90. The number of carbonyl (C=O) groups is 1. The number of aromatic nitrogens is 1. The quantitative estimate of drug-likeness (QED) is 0.321. The molecule has 172 valence electrons. The third kappa shape index (κ3) is 5.96. The number of thiazole rings is 1. The highest BCUT2D eigenvalue weighted by Crippen LogP contribution is 2.31. The zero-order chi connectivity index (χ0) is 22.5. The molecule has 1 heterocycles. The summed E-state index contributed by atoms with van der Waals surface area (Å²) in [6, 6.07) is 7.73. The molecule has 0 fully saturated rings. The first-order valence-electron chi connectivity index (χ1n) is 9.84. The van der Waals surface area contributed by atoms with E-state index in [0.717, 1.165) is 30.5 Å². The standard InChI is InChI=1S/C21H22F2N4O3S.ClH/c1-3-25(4-2)9-10-26(19(28)11-14-5-7-16(8-6-14)27(29)30)21-24-20-17(23)12-15(22)13-18(20)31-21;/h5-8,12-13H,3-4,9-11H2,1-2H3;1H. The molecule has 0 bridgehead atoms. The molecule has 0 saturated heterocycles. The van der Waals surface area contributed by atoms with Crippen LogP contribution in [0.3, 0.4) is 0 Å². The summed E-state index contributed by atoms with van der Waals surface area (Å²) < 4.78 is 28.1. The molecular formula is C21H23ClF2N4O3S. The van der Waals surface area contributed by atoms with E-state index in [-0.39, 0.29) is 35.9 Å². The topological polar surface area (TPSA) is 79.6 Å². The Labute approximate surface area is 194 Å². The van der Waals surface area contributed by atoms with Crippen LogP contribution in [-0.4, -0.2) is 46.9 Å². The lowest BCUT2D eigenvalue weighted by Crippen LogP contribution is -2.39. The van der Waals surface area contributed by atoms with Crippen LogP contribution in [-0.2, 0) is 11.2 Å². The van der Waals surface area contributed by atoms with E-state index in [9.17, 15) is 23.7 Å². The minimum Gasteiger partial charge on any atom is -0.302 e. The second kappa shape index (κ2) is 11.3. The maximum Gasteiger partial charge on any atom is 0.269 e. The summed E-state index contributed by atoms with van der Waals surface area (Å²) in [7, 11) is 0. The minimum absolute atomic E-state index is 0. The normalized spacial score (nSPS) is 10.9. The Hall–Kier alpha value is -2.69. The van der Waals surface area contributed by atoms with Gasteiger partial charge in [0.25, 0.3) is 5.69 Å². The SMILES string of the molecule is CCN(CC)CCN(C(=O)Cc1ccc([N+](=O)[O-])cc1)c1nc2c(F)cc(F)cc2s1.Cl. The highest BCUT2D eigenvalue weighted by atomic mass is 35.5. The molecule has 2 aromatic carbocycles. The van der Waals surface area contributed by atoms with Crippen molar-refractivity contribution >= 4 is 50.7 Å². The first-order valence-corrected chi connectivity index (χ1v) is 10.7. The van der Waals surface area contributed by atoms with Gasteiger partial charge in [-0.1, -0.05) is 37.3 Å². The smallest absolute Gasteiger partial charge is 0.269 e. The summed E-state index contributed by atoms with van der Waals surface area (Å²) >= 11 is 1.05. The highest BCUT2D eigenvalue weighted by Gasteiger charge is 2.22. The van der Waals surface area contributed by atoms with Crippen LogP contribution in [0.1, 0.15) is 19.4 Å². The molecule has 0 unspecified atom stereocenters. The molecule has 1 aromatic heterocycles. The number of nitrogens with zero attached hydrogens (tertiary/aromatic N) is 4. The Balaban J connectivity index is 0.00000363. The predicted octanol–water partition coefficient (Wildman–Crippen LogP) is 4.82. The van der Waals surface area contributed by atoms with Crippen LogP contribution >= 0.6 is 23.7 Å². The number of anilines is 1. The van der Waals surface area contributed by atoms with Gasteiger partial charge in [-0.05, 0) is 24.7 Å². The largest absolute Gasteiger partial charge is 0.302 e. The molecule has 3 rings (SSSR count). The van der Waals surface area contributed by atoms with Gasteiger partial charge in [0, 0.05) is 31.3 Å². The Morgan fingerprint density at radius 1 is 1.12 bits per heavy atom. The number of likely N-dealkylation sites (N-methyl/N-ethyl adjacent to an activating group) is 1. The molecule has 0 spiro atoms. The van der Waals surface area contributed by atoms with Crippen molar-refractivity contribution < 1.29 is 18.5 Å². The van der Waals surface area contributed by atoms with Gasteiger partial charge in [-0.25, -0.2) is 13.8 Å². The summed E-state index contributed by atoms with van der Waals surface area (Å²) in [6.45, 7) is 6.56. The highest BCUT2D eigenvalue weighted by molar-refractivity contribution is 7.22. The van der Waals surface area contributed by atoms with Crippen LogP contribution in [0.5, 0.6) is 0 Å². The molecule has 32 heavy (non-hydrogen) atoms. The molecule has 0 aliphatic carbocycles. The summed E-state index contributed by atoms with van der Waals surface area (Å²) in [5, 5.41) is 11.1. The number of carbonyl (C=O) groups excluding carboxylic acids is 1. The minimum atomic E-state index is -0.774. The number of benzene rings is 2. The third-order valence-electron chi connectivity index (χ3n) is 4.97. The fourth-order valence-electron chi connectivity index (χ4n) is 3.17. The molecule has 3 aromatic rings. The molecule has 0 radical (unpaired) electrons. The van der Waals surface area contributed by atoms with Crippen molar-refractivity contribution in [2.75, 3.05) is 31.1 Å². The van der Waals surface area contributed by atoms with Crippen molar-refractivity contribution in [2.24, 2.45) is 0 Å². The number of nitro benzene ring substituents is 1. The van der Waals surface area contributed by atoms with E-state index in [1.165, 1.54) is 35.2 Å². The van der Waals surface area contributed by atoms with E-state index in [2.05, 4.69) is 9.88 Å². The first kappa shape index (κ1) is 25.6. The van der Waals surface area contributed by atoms with Crippen molar-refractivity contribution in [3.63, 3.8) is 0 Å². The van der Waals surface area contributed by atoms with E-state index in [1.54, 1.807) is 0 Å². The molecule has 0 atom stereocenters. The van der Waals surface area contributed by atoms with Gasteiger partial charge >= 0.3 is 0 Å². The third-order valence-corrected chi connectivity index (χ3v) is 6.00. The number of halogens is 3. The van der Waals surface area contributed by atoms with Crippen LogP contribution in [0.4, 0.5) is 19.6 Å². The average Bonchev–Trinajstić information content (AvgIpc) is 3.15. The lowest BCUT2D eigenvalue weighted by molar-refractivity contribution is -0.384. The number of nitro groups is 1. The molecule has 11 heteroatoms. The van der Waals surface area contributed by atoms with E-state index in [1.807, 2.05) is 13.8 Å². The first-order chi connectivity index (χ1) is 14.8. The van der Waals surface area contributed by atoms with Crippen molar-refractivity contribution in [3.8, 4) is 0 Å². The van der Waals surface area contributed by atoms with Gasteiger partial charge in [-0.2, -0.15) is 0 Å². The monoisotopic (exact) mass is 484 g/mol. The van der Waals surface area contributed by atoms with E-state index < -0.39 is 16.6 Å². The number of hydrogen-bond donors (Lipinski definition) is 0. The van der Waals surface area contributed by atoms with Crippen LogP contribution in [0.2, 0.25) is 0 Å². The van der Waals surface area contributed by atoms with Crippen molar-refractivity contribution in [1.29, 1.82) is 0 Å². The van der Waals surface area contributed by atoms with Gasteiger partial charge < -0.3 is 4.90 Å². The molecule has 0 aliphatic heterocycles. The molecule has 0 N–H and O–H groups in total. The Morgan fingerprint density at radius 2 is 1.78 bits per heavy atom. The van der Waals surface area contributed by atoms with Crippen molar-refractivity contribution in [1.82, 2.24) is 9.88 Å². The van der Waals surface area contributed by atoms with Gasteiger partial charge in [-0.15, -0.1) is 12.4 Å². The number of fused-ring (bicyclic) bond motifs is 1. The van der Waals surface area contributed by atoms with Crippen LogP contribution in [0.25, 0.3) is 10.2 Å². The fourth-order valence-corrected chi connectivity index (χ4v) is 4.22. The average molecular weight is 485 g/mol. The van der Waals surface area contributed by atoms with Crippen LogP contribution < -0.4 is 4.90 Å². The van der Waals surface area contributed by atoms with E-state index in [0.29, 0.717) is 28.5 Å². The number of hydrogen-bond acceptors (Lipinski definition) is 6. The fraction of sp³-hybridized carbons (Fsp3) is 0.333.